The van der Waals surface area contributed by atoms with E-state index in [2.05, 4.69) is 13.8 Å². The lowest BCUT2D eigenvalue weighted by atomic mass is 10.0. The lowest BCUT2D eigenvalue weighted by Gasteiger charge is -2.03. The van der Waals surface area contributed by atoms with Gasteiger partial charge in [-0.05, 0) is 12.8 Å². The molecule has 0 aliphatic rings. The van der Waals surface area contributed by atoms with Crippen molar-refractivity contribution in [1.29, 1.82) is 0 Å². The van der Waals surface area contributed by atoms with Crippen molar-refractivity contribution in [3.05, 3.63) is 0 Å². The molecule has 0 saturated carbocycles. The minimum atomic E-state index is -0.746. The van der Waals surface area contributed by atoms with Gasteiger partial charge in [-0.3, -0.25) is 14.4 Å². The number of unbranched alkanes of at least 4 members (excludes halogenated alkanes) is 20. The van der Waals surface area contributed by atoms with E-state index in [0.717, 1.165) is 38.5 Å². The quantitative estimate of drug-likeness (QED) is 0.0750. The molecule has 188 valence electrons. The van der Waals surface area contributed by atoms with Crippen LogP contribution in [0, 0.1) is 0 Å². The van der Waals surface area contributed by atoms with Gasteiger partial charge in [-0.1, -0.05) is 142 Å². The van der Waals surface area contributed by atoms with Crippen molar-refractivity contribution in [2.75, 3.05) is 0 Å². The normalized spacial score (nSPS) is 11.1. The molecule has 0 bridgehead atoms. The van der Waals surface area contributed by atoms with Crippen molar-refractivity contribution < 1.29 is 14.4 Å². The molecule has 0 aromatic heterocycles. The molecule has 32 heavy (non-hydrogen) atoms. The van der Waals surface area contributed by atoms with Crippen LogP contribution in [0.15, 0.2) is 0 Å². The highest BCUT2D eigenvalue weighted by atomic mass is 16.2. The van der Waals surface area contributed by atoms with Gasteiger partial charge in [0.05, 0.1) is 0 Å². The maximum absolute atomic E-state index is 12.0. The van der Waals surface area contributed by atoms with Crippen LogP contribution in [-0.2, 0) is 14.4 Å². The molecule has 3 nitrogen and oxygen atoms in total. The van der Waals surface area contributed by atoms with Crippen molar-refractivity contribution in [3.63, 3.8) is 0 Å². The molecular weight excluding hydrogens is 396 g/mol. The number of hydrogen-bond acceptors (Lipinski definition) is 3. The summed E-state index contributed by atoms with van der Waals surface area (Å²) in [7, 11) is 0. The zero-order chi connectivity index (χ0) is 23.7. The van der Waals surface area contributed by atoms with Gasteiger partial charge in [-0.15, -0.1) is 0 Å². The van der Waals surface area contributed by atoms with Gasteiger partial charge >= 0.3 is 0 Å². The fourth-order valence-electron chi connectivity index (χ4n) is 4.28. The summed E-state index contributed by atoms with van der Waals surface area (Å²) >= 11 is 0. The largest absolute Gasteiger partial charge is 0.290 e. The highest BCUT2D eigenvalue weighted by Gasteiger charge is 2.21. The Morgan fingerprint density at radius 2 is 0.562 bits per heavy atom. The van der Waals surface area contributed by atoms with E-state index >= 15 is 0 Å². The summed E-state index contributed by atoms with van der Waals surface area (Å²) in [6.45, 7) is 4.49. The van der Waals surface area contributed by atoms with Crippen LogP contribution >= 0.6 is 0 Å². The molecule has 0 amide bonds. The lowest BCUT2D eigenvalue weighted by Crippen LogP contribution is -2.23. The van der Waals surface area contributed by atoms with Gasteiger partial charge in [0.25, 0.3) is 5.78 Å². The summed E-state index contributed by atoms with van der Waals surface area (Å²) in [4.78, 5) is 35.9. The maximum Gasteiger partial charge on any atom is 0.264 e. The van der Waals surface area contributed by atoms with E-state index in [4.69, 9.17) is 0 Å². The van der Waals surface area contributed by atoms with Crippen LogP contribution in [0.3, 0.4) is 0 Å². The molecule has 0 aliphatic heterocycles. The van der Waals surface area contributed by atoms with Crippen LogP contribution < -0.4 is 0 Å². The first-order chi connectivity index (χ1) is 15.6. The first-order valence-electron chi connectivity index (χ1n) is 14.2. The molecule has 0 heterocycles. The highest BCUT2D eigenvalue weighted by molar-refractivity contribution is 6.63. The summed E-state index contributed by atoms with van der Waals surface area (Å²) in [5.74, 6) is -1.67. The second-order valence-corrected chi connectivity index (χ2v) is 9.75. The monoisotopic (exact) mass is 450 g/mol. The van der Waals surface area contributed by atoms with Crippen molar-refractivity contribution in [1.82, 2.24) is 0 Å². The van der Waals surface area contributed by atoms with Crippen LogP contribution in [0.1, 0.15) is 168 Å². The predicted molar refractivity (Wildman–Crippen MR) is 137 cm³/mol. The highest BCUT2D eigenvalue weighted by Crippen LogP contribution is 2.14. The second-order valence-electron chi connectivity index (χ2n) is 9.75. The molecule has 0 saturated heterocycles. The van der Waals surface area contributed by atoms with Crippen molar-refractivity contribution in [2.24, 2.45) is 0 Å². The standard InChI is InChI=1S/C29H54O3/c1-3-5-7-9-11-13-15-17-19-21-23-25-27(30)29(32)28(31)26-24-22-20-18-16-14-12-10-8-6-4-2/h3-26H2,1-2H3. The van der Waals surface area contributed by atoms with E-state index in [-0.39, 0.29) is 12.8 Å². The van der Waals surface area contributed by atoms with Gasteiger partial charge in [0, 0.05) is 12.8 Å². The first-order valence-corrected chi connectivity index (χ1v) is 14.2. The van der Waals surface area contributed by atoms with E-state index in [0.29, 0.717) is 0 Å². The topological polar surface area (TPSA) is 51.2 Å². The molecule has 3 heteroatoms. The summed E-state index contributed by atoms with van der Waals surface area (Å²) in [5.41, 5.74) is 0. The first kappa shape index (κ1) is 31.0. The van der Waals surface area contributed by atoms with E-state index < -0.39 is 17.3 Å². The average Bonchev–Trinajstić information content (AvgIpc) is 2.80. The van der Waals surface area contributed by atoms with E-state index in [1.807, 2.05) is 0 Å². The number of ketones is 3. The zero-order valence-electron chi connectivity index (χ0n) is 21.7. The fraction of sp³-hybridized carbons (Fsp3) is 0.897. The molecule has 0 fully saturated rings. The van der Waals surface area contributed by atoms with Crippen LogP contribution in [0.4, 0.5) is 0 Å². The smallest absolute Gasteiger partial charge is 0.264 e. The van der Waals surface area contributed by atoms with E-state index in [9.17, 15) is 14.4 Å². The lowest BCUT2D eigenvalue weighted by molar-refractivity contribution is -0.144. The molecule has 0 aromatic carbocycles. The van der Waals surface area contributed by atoms with Gasteiger partial charge in [-0.2, -0.15) is 0 Å². The van der Waals surface area contributed by atoms with Crippen LogP contribution in [0.25, 0.3) is 0 Å². The summed E-state index contributed by atoms with van der Waals surface area (Å²) in [6.07, 6.45) is 27.3. The van der Waals surface area contributed by atoms with E-state index in [1.54, 1.807) is 0 Å². The number of rotatable bonds is 26. The molecule has 0 radical (unpaired) electrons. The number of carbonyl (C=O) groups is 3. The Kier molecular flexibility index (Phi) is 23.9. The average molecular weight is 451 g/mol. The number of hydrogen-bond donors (Lipinski definition) is 0. The Morgan fingerprint density at radius 3 is 0.812 bits per heavy atom. The fourth-order valence-corrected chi connectivity index (χ4v) is 4.28. The SMILES string of the molecule is CCCCCCCCCCCCCC(=O)C(=O)C(=O)CCCCCCCCCCCCC. The Hall–Kier alpha value is -0.990. The Bertz CT molecular complexity index is 415. The van der Waals surface area contributed by atoms with Crippen molar-refractivity contribution >= 4 is 17.3 Å². The molecule has 0 N–H and O–H groups in total. The summed E-state index contributed by atoms with van der Waals surface area (Å²) in [5, 5.41) is 0. The van der Waals surface area contributed by atoms with E-state index in [1.165, 1.54) is 103 Å². The van der Waals surface area contributed by atoms with Crippen LogP contribution in [0.2, 0.25) is 0 Å². The third kappa shape index (κ3) is 20.9. The number of carbonyl (C=O) groups excluding carboxylic acids is 3. The van der Waals surface area contributed by atoms with Gasteiger partial charge in [0.2, 0.25) is 11.6 Å². The molecule has 0 aliphatic carbocycles. The minimum Gasteiger partial charge on any atom is -0.290 e. The number of Topliss-reactive ketones (excluding diaryl/α,β-unsaturated/α-hetero) is 3. The molecular formula is C29H54O3. The predicted octanol–water partition coefficient (Wildman–Crippen LogP) is 9.10. The van der Waals surface area contributed by atoms with Gasteiger partial charge in [0.15, 0.2) is 0 Å². The van der Waals surface area contributed by atoms with Crippen LogP contribution in [-0.4, -0.2) is 17.3 Å². The summed E-state index contributed by atoms with van der Waals surface area (Å²) < 4.78 is 0. The van der Waals surface area contributed by atoms with Crippen molar-refractivity contribution in [2.45, 2.75) is 168 Å². The molecule has 0 spiro atoms. The zero-order valence-corrected chi connectivity index (χ0v) is 21.7. The molecule has 0 atom stereocenters. The van der Waals surface area contributed by atoms with Gasteiger partial charge in [0.1, 0.15) is 0 Å². The minimum absolute atomic E-state index is 0.250. The Labute approximate surface area is 199 Å². The van der Waals surface area contributed by atoms with Crippen molar-refractivity contribution in [3.8, 4) is 0 Å². The van der Waals surface area contributed by atoms with Gasteiger partial charge in [-0.25, -0.2) is 0 Å². The molecule has 0 aromatic rings. The van der Waals surface area contributed by atoms with Gasteiger partial charge < -0.3 is 0 Å². The Morgan fingerprint density at radius 1 is 0.344 bits per heavy atom. The third-order valence-electron chi connectivity index (χ3n) is 6.52. The summed E-state index contributed by atoms with van der Waals surface area (Å²) in [6, 6.07) is 0. The maximum atomic E-state index is 12.0. The Balaban J connectivity index is 3.49. The third-order valence-corrected chi connectivity index (χ3v) is 6.52. The van der Waals surface area contributed by atoms with Crippen LogP contribution in [0.5, 0.6) is 0 Å². The molecule has 0 unspecified atom stereocenters. The second kappa shape index (κ2) is 24.6. The molecule has 0 rings (SSSR count).